The topological polar surface area (TPSA) is 96.0 Å². The summed E-state index contributed by atoms with van der Waals surface area (Å²) in [5.74, 6) is -1.50. The maximum Gasteiger partial charge on any atom is 0.339 e. The maximum atomic E-state index is 12.7. The second-order valence-corrected chi connectivity index (χ2v) is 7.32. The van der Waals surface area contributed by atoms with E-state index in [1.54, 1.807) is 12.1 Å². The Morgan fingerprint density at radius 3 is 1.89 bits per heavy atom. The van der Waals surface area contributed by atoms with Crippen LogP contribution in [0.25, 0.3) is 10.8 Å². The normalized spacial score (nSPS) is 11.1. The van der Waals surface area contributed by atoms with Crippen molar-refractivity contribution in [3.05, 3.63) is 71.8 Å². The molecule has 8 heteroatoms. The van der Waals surface area contributed by atoms with Crippen LogP contribution >= 0.6 is 0 Å². The van der Waals surface area contributed by atoms with E-state index in [-0.39, 0.29) is 21.8 Å². The molecule has 0 fully saturated rings. The van der Waals surface area contributed by atoms with Gasteiger partial charge in [-0.25, -0.2) is 9.59 Å². The van der Waals surface area contributed by atoms with Gasteiger partial charge in [0.25, 0.3) is 0 Å². The average Bonchev–Trinajstić information content (AvgIpc) is 2.71. The van der Waals surface area contributed by atoms with Gasteiger partial charge in [-0.1, -0.05) is 30.3 Å². The minimum Gasteiger partial charge on any atom is -0.465 e. The van der Waals surface area contributed by atoms with Gasteiger partial charge in [0.2, 0.25) is 0 Å². The summed E-state index contributed by atoms with van der Waals surface area (Å²) in [6.07, 6.45) is 0. The van der Waals surface area contributed by atoms with Crippen molar-refractivity contribution < 1.29 is 31.7 Å². The van der Waals surface area contributed by atoms with Gasteiger partial charge in [-0.2, -0.15) is 8.42 Å². The van der Waals surface area contributed by atoms with Crippen molar-refractivity contribution in [3.8, 4) is 5.75 Å². The van der Waals surface area contributed by atoms with Crippen LogP contribution in [0.1, 0.15) is 20.7 Å². The molecule has 0 atom stereocenters. The van der Waals surface area contributed by atoms with Crippen LogP contribution in [0.2, 0.25) is 0 Å². The highest BCUT2D eigenvalue weighted by molar-refractivity contribution is 7.87. The molecule has 0 N–H and O–H groups in total. The predicted molar refractivity (Wildman–Crippen MR) is 101 cm³/mol. The van der Waals surface area contributed by atoms with Crippen LogP contribution in [-0.4, -0.2) is 34.6 Å². The third-order valence-electron chi connectivity index (χ3n) is 3.96. The molecule has 28 heavy (non-hydrogen) atoms. The first kappa shape index (κ1) is 19.4. The molecule has 3 aromatic carbocycles. The number of methoxy groups -OCH3 is 2. The standard InChI is InChI=1S/C20H16O7S/c1-25-19(21)15-9-16(20(22)26-2)12-18(11-15)28(23,24)27-17-8-7-13-5-3-4-6-14(13)10-17/h3-12H,1-2H3. The van der Waals surface area contributed by atoms with Crippen molar-refractivity contribution in [2.45, 2.75) is 4.90 Å². The molecule has 0 amide bonds. The number of ether oxygens (including phenoxy) is 2. The predicted octanol–water partition coefficient (Wildman–Crippen LogP) is 3.18. The monoisotopic (exact) mass is 400 g/mol. The van der Waals surface area contributed by atoms with Crippen molar-refractivity contribution >= 4 is 32.8 Å². The number of hydrogen-bond acceptors (Lipinski definition) is 7. The molecule has 3 aromatic rings. The molecule has 0 aliphatic carbocycles. The van der Waals surface area contributed by atoms with Gasteiger partial charge in [0, 0.05) is 0 Å². The highest BCUT2D eigenvalue weighted by Gasteiger charge is 2.23. The van der Waals surface area contributed by atoms with E-state index in [1.807, 2.05) is 24.3 Å². The Kier molecular flexibility index (Phi) is 5.32. The number of benzene rings is 3. The molecule has 0 saturated carbocycles. The van der Waals surface area contributed by atoms with E-state index >= 15 is 0 Å². The summed E-state index contributed by atoms with van der Waals surface area (Å²) < 4.78 is 39.9. The third-order valence-corrected chi connectivity index (χ3v) is 5.19. The van der Waals surface area contributed by atoms with Crippen molar-refractivity contribution in [2.75, 3.05) is 14.2 Å². The molecule has 3 rings (SSSR count). The van der Waals surface area contributed by atoms with Crippen LogP contribution in [0, 0.1) is 0 Å². The molecule has 0 bridgehead atoms. The Hall–Kier alpha value is -3.39. The van der Waals surface area contributed by atoms with E-state index < -0.39 is 22.1 Å². The first-order chi connectivity index (χ1) is 13.3. The van der Waals surface area contributed by atoms with Crippen molar-refractivity contribution in [2.24, 2.45) is 0 Å². The van der Waals surface area contributed by atoms with Crippen LogP contribution in [0.3, 0.4) is 0 Å². The summed E-state index contributed by atoms with van der Waals surface area (Å²) in [6.45, 7) is 0. The SMILES string of the molecule is COC(=O)c1cc(C(=O)OC)cc(S(=O)(=O)Oc2ccc3ccccc3c2)c1. The van der Waals surface area contributed by atoms with Crippen molar-refractivity contribution in [1.29, 1.82) is 0 Å². The van der Waals surface area contributed by atoms with Crippen LogP contribution in [0.4, 0.5) is 0 Å². The smallest absolute Gasteiger partial charge is 0.339 e. The molecule has 0 heterocycles. The lowest BCUT2D eigenvalue weighted by Crippen LogP contribution is -2.14. The summed E-state index contributed by atoms with van der Waals surface area (Å²) in [5, 5.41) is 1.72. The molecule has 0 aliphatic heterocycles. The highest BCUT2D eigenvalue weighted by atomic mass is 32.2. The Labute approximate surface area is 161 Å². The van der Waals surface area contributed by atoms with Crippen LogP contribution in [-0.2, 0) is 19.6 Å². The maximum absolute atomic E-state index is 12.7. The third kappa shape index (κ3) is 3.96. The molecule has 144 valence electrons. The second kappa shape index (κ2) is 7.69. The lowest BCUT2D eigenvalue weighted by Gasteiger charge is -2.10. The van der Waals surface area contributed by atoms with E-state index in [9.17, 15) is 18.0 Å². The Bertz CT molecular complexity index is 1130. The highest BCUT2D eigenvalue weighted by Crippen LogP contribution is 2.25. The van der Waals surface area contributed by atoms with Gasteiger partial charge in [-0.3, -0.25) is 0 Å². The van der Waals surface area contributed by atoms with Gasteiger partial charge >= 0.3 is 22.1 Å². The lowest BCUT2D eigenvalue weighted by atomic mass is 10.1. The Morgan fingerprint density at radius 1 is 0.750 bits per heavy atom. The number of hydrogen-bond donors (Lipinski definition) is 0. The van der Waals surface area contributed by atoms with Crippen LogP contribution in [0.15, 0.2) is 65.6 Å². The Morgan fingerprint density at radius 2 is 1.32 bits per heavy atom. The van der Waals surface area contributed by atoms with E-state index in [1.165, 1.54) is 12.1 Å². The summed E-state index contributed by atoms with van der Waals surface area (Å²) in [5.41, 5.74) is -0.239. The van der Waals surface area contributed by atoms with Gasteiger partial charge in [0.15, 0.2) is 0 Å². The van der Waals surface area contributed by atoms with E-state index in [0.29, 0.717) is 0 Å². The summed E-state index contributed by atoms with van der Waals surface area (Å²) in [6, 6.07) is 15.6. The molecule has 0 unspecified atom stereocenters. The Balaban J connectivity index is 2.03. The lowest BCUT2D eigenvalue weighted by molar-refractivity contribution is 0.0598. The number of carbonyl (C=O) groups excluding carboxylic acids is 2. The number of carbonyl (C=O) groups is 2. The minimum atomic E-state index is -4.33. The molecular formula is C20H16O7S. The largest absolute Gasteiger partial charge is 0.465 e. The van der Waals surface area contributed by atoms with Gasteiger partial charge in [-0.05, 0) is 41.1 Å². The van der Waals surface area contributed by atoms with Crippen LogP contribution < -0.4 is 4.18 Å². The molecule has 0 aliphatic rings. The molecular weight excluding hydrogens is 384 g/mol. The molecule has 0 aromatic heterocycles. The van der Waals surface area contributed by atoms with Gasteiger partial charge in [0.1, 0.15) is 10.6 Å². The van der Waals surface area contributed by atoms with Crippen molar-refractivity contribution in [3.63, 3.8) is 0 Å². The summed E-state index contributed by atoms with van der Waals surface area (Å²) in [4.78, 5) is 23.3. The van der Waals surface area contributed by atoms with Crippen LogP contribution in [0.5, 0.6) is 5.75 Å². The first-order valence-corrected chi connectivity index (χ1v) is 9.50. The number of rotatable bonds is 5. The molecule has 7 nitrogen and oxygen atoms in total. The zero-order valence-electron chi connectivity index (χ0n) is 15.0. The number of esters is 2. The zero-order chi connectivity index (χ0) is 20.3. The summed E-state index contributed by atoms with van der Waals surface area (Å²) >= 11 is 0. The van der Waals surface area contributed by atoms with Crippen molar-refractivity contribution in [1.82, 2.24) is 0 Å². The van der Waals surface area contributed by atoms with E-state index in [4.69, 9.17) is 4.18 Å². The fraction of sp³-hybridized carbons (Fsp3) is 0.100. The fourth-order valence-corrected chi connectivity index (χ4v) is 3.60. The van der Waals surface area contributed by atoms with Gasteiger partial charge < -0.3 is 13.7 Å². The first-order valence-electron chi connectivity index (χ1n) is 8.09. The second-order valence-electron chi connectivity index (χ2n) is 5.78. The molecule has 0 radical (unpaired) electrons. The van der Waals surface area contributed by atoms with E-state index in [2.05, 4.69) is 9.47 Å². The van der Waals surface area contributed by atoms with Gasteiger partial charge in [0.05, 0.1) is 25.3 Å². The van der Waals surface area contributed by atoms with Gasteiger partial charge in [-0.15, -0.1) is 0 Å². The minimum absolute atomic E-state index is 0.0989. The molecule has 0 saturated heterocycles. The molecule has 0 spiro atoms. The summed E-state index contributed by atoms with van der Waals surface area (Å²) in [7, 11) is -2.03. The zero-order valence-corrected chi connectivity index (χ0v) is 15.9. The fourth-order valence-electron chi connectivity index (χ4n) is 2.61. The average molecular weight is 400 g/mol. The number of fused-ring (bicyclic) bond motifs is 1. The van der Waals surface area contributed by atoms with E-state index in [0.717, 1.165) is 37.1 Å². The quantitative estimate of drug-likeness (QED) is 0.479.